The molecule has 0 spiro atoms. The molecule has 0 bridgehead atoms. The molecule has 2 fully saturated rings. The average molecular weight is 328 g/mol. The highest BCUT2D eigenvalue weighted by Gasteiger charge is 2.21. The zero-order chi connectivity index (χ0) is 16.9. The van der Waals surface area contributed by atoms with E-state index in [0.717, 1.165) is 48.7 Å². The number of anilines is 2. The van der Waals surface area contributed by atoms with E-state index in [9.17, 15) is 9.59 Å². The van der Waals surface area contributed by atoms with Gasteiger partial charge in [0.15, 0.2) is 0 Å². The van der Waals surface area contributed by atoms with Crippen LogP contribution in [-0.2, 0) is 9.59 Å². The number of carbonyl (C=O) groups excluding carboxylic acids is 2. The molecule has 2 aliphatic rings. The molecule has 1 aromatic carbocycles. The first-order chi connectivity index (χ1) is 11.6. The molecule has 0 atom stereocenters. The predicted octanol–water partition coefficient (Wildman–Crippen LogP) is 4.42. The van der Waals surface area contributed by atoms with Crippen molar-refractivity contribution in [2.45, 2.75) is 64.7 Å². The first kappa shape index (κ1) is 17.0. The second-order valence-corrected chi connectivity index (χ2v) is 7.24. The fourth-order valence-corrected chi connectivity index (χ4v) is 3.95. The van der Waals surface area contributed by atoms with Gasteiger partial charge in [-0.05, 0) is 55.9 Å². The van der Waals surface area contributed by atoms with E-state index >= 15 is 0 Å². The summed E-state index contributed by atoms with van der Waals surface area (Å²) in [4.78, 5) is 26.1. The minimum Gasteiger partial charge on any atom is -0.326 e. The van der Waals surface area contributed by atoms with Crippen LogP contribution in [0, 0.1) is 12.8 Å². The Hall–Kier alpha value is -1.84. The monoisotopic (exact) mass is 328 g/mol. The zero-order valence-electron chi connectivity index (χ0n) is 14.6. The zero-order valence-corrected chi connectivity index (χ0v) is 14.6. The molecule has 2 amide bonds. The third-order valence-electron chi connectivity index (χ3n) is 5.35. The van der Waals surface area contributed by atoms with Crippen LogP contribution < -0.4 is 10.2 Å². The number of piperidine rings is 1. The second-order valence-electron chi connectivity index (χ2n) is 7.24. The van der Waals surface area contributed by atoms with Crippen molar-refractivity contribution in [3.05, 3.63) is 23.8 Å². The van der Waals surface area contributed by atoms with Gasteiger partial charge in [-0.1, -0.05) is 25.7 Å². The molecule has 4 nitrogen and oxygen atoms in total. The molecule has 3 rings (SSSR count). The molecule has 0 aromatic heterocycles. The molecule has 130 valence electrons. The van der Waals surface area contributed by atoms with Gasteiger partial charge < -0.3 is 10.2 Å². The maximum absolute atomic E-state index is 12.1. The first-order valence-electron chi connectivity index (χ1n) is 9.34. The molecule has 4 heteroatoms. The third-order valence-corrected chi connectivity index (χ3v) is 5.35. The number of amides is 2. The van der Waals surface area contributed by atoms with Gasteiger partial charge in [0.1, 0.15) is 0 Å². The van der Waals surface area contributed by atoms with Crippen LogP contribution in [0.1, 0.15) is 63.4 Å². The minimum atomic E-state index is 0.100. The Morgan fingerprint density at radius 1 is 1.21 bits per heavy atom. The molecule has 1 saturated carbocycles. The molecular weight excluding hydrogens is 300 g/mol. The highest BCUT2D eigenvalue weighted by atomic mass is 16.2. The van der Waals surface area contributed by atoms with Crippen LogP contribution in [0.25, 0.3) is 0 Å². The largest absolute Gasteiger partial charge is 0.326 e. The number of nitrogens with one attached hydrogen (secondary N) is 1. The lowest BCUT2D eigenvalue weighted by molar-refractivity contribution is -0.119. The van der Waals surface area contributed by atoms with Gasteiger partial charge in [-0.3, -0.25) is 9.59 Å². The van der Waals surface area contributed by atoms with Crippen LogP contribution in [0.4, 0.5) is 11.4 Å². The molecule has 0 radical (unpaired) electrons. The van der Waals surface area contributed by atoms with Crippen LogP contribution in [0.5, 0.6) is 0 Å². The van der Waals surface area contributed by atoms with E-state index in [4.69, 9.17) is 0 Å². The van der Waals surface area contributed by atoms with Gasteiger partial charge in [-0.2, -0.15) is 0 Å². The standard InChI is InChI=1S/C20H28N2O2/c1-15-14-17(21-19(23)12-9-16-6-2-3-7-16)10-11-18(15)22-13-5-4-8-20(22)24/h10-11,14,16H,2-9,12-13H2,1H3,(H,21,23). The Labute approximate surface area is 144 Å². The van der Waals surface area contributed by atoms with Crippen LogP contribution in [-0.4, -0.2) is 18.4 Å². The quantitative estimate of drug-likeness (QED) is 0.870. The lowest BCUT2D eigenvalue weighted by Gasteiger charge is -2.28. The first-order valence-corrected chi connectivity index (χ1v) is 9.34. The molecule has 1 N–H and O–H groups in total. The molecule has 1 aliphatic heterocycles. The fourth-order valence-electron chi connectivity index (χ4n) is 3.95. The van der Waals surface area contributed by atoms with Crippen molar-refractivity contribution in [2.75, 3.05) is 16.8 Å². The molecule has 1 heterocycles. The van der Waals surface area contributed by atoms with Gasteiger partial charge in [0.2, 0.25) is 11.8 Å². The van der Waals surface area contributed by atoms with Crippen LogP contribution in [0.3, 0.4) is 0 Å². The summed E-state index contributed by atoms with van der Waals surface area (Å²) in [6.07, 6.45) is 9.51. The number of hydrogen-bond acceptors (Lipinski definition) is 2. The van der Waals surface area contributed by atoms with Gasteiger partial charge in [0.25, 0.3) is 0 Å². The van der Waals surface area contributed by atoms with Crippen LogP contribution in [0.15, 0.2) is 18.2 Å². The van der Waals surface area contributed by atoms with Crippen molar-refractivity contribution < 1.29 is 9.59 Å². The van der Waals surface area contributed by atoms with E-state index in [2.05, 4.69) is 5.32 Å². The summed E-state index contributed by atoms with van der Waals surface area (Å²) >= 11 is 0. The van der Waals surface area contributed by atoms with Gasteiger partial charge in [-0.25, -0.2) is 0 Å². The number of hydrogen-bond donors (Lipinski definition) is 1. The Kier molecular flexibility index (Phi) is 5.54. The predicted molar refractivity (Wildman–Crippen MR) is 97.2 cm³/mol. The van der Waals surface area contributed by atoms with Crippen molar-refractivity contribution in [3.63, 3.8) is 0 Å². The Morgan fingerprint density at radius 3 is 2.71 bits per heavy atom. The Balaban J connectivity index is 1.57. The van der Waals surface area contributed by atoms with Crippen LogP contribution >= 0.6 is 0 Å². The normalized spacial score (nSPS) is 18.9. The highest BCUT2D eigenvalue weighted by Crippen LogP contribution is 2.29. The summed E-state index contributed by atoms with van der Waals surface area (Å²) in [5.41, 5.74) is 2.85. The lowest BCUT2D eigenvalue weighted by Crippen LogP contribution is -2.35. The van der Waals surface area contributed by atoms with E-state index in [-0.39, 0.29) is 11.8 Å². The van der Waals surface area contributed by atoms with Crippen LogP contribution in [0.2, 0.25) is 0 Å². The summed E-state index contributed by atoms with van der Waals surface area (Å²) in [6.45, 7) is 2.80. The Morgan fingerprint density at radius 2 is 2.00 bits per heavy atom. The van der Waals surface area contributed by atoms with Crippen molar-refractivity contribution in [2.24, 2.45) is 5.92 Å². The van der Waals surface area contributed by atoms with Gasteiger partial charge >= 0.3 is 0 Å². The smallest absolute Gasteiger partial charge is 0.226 e. The summed E-state index contributed by atoms with van der Waals surface area (Å²) in [7, 11) is 0. The number of aryl methyl sites for hydroxylation is 1. The summed E-state index contributed by atoms with van der Waals surface area (Å²) in [5.74, 6) is 1.05. The number of benzene rings is 1. The van der Waals surface area contributed by atoms with E-state index in [1.807, 2.05) is 30.0 Å². The van der Waals surface area contributed by atoms with Crippen molar-refractivity contribution in [1.29, 1.82) is 0 Å². The number of rotatable bonds is 5. The van der Waals surface area contributed by atoms with Crippen molar-refractivity contribution in [3.8, 4) is 0 Å². The van der Waals surface area contributed by atoms with Gasteiger partial charge in [0, 0.05) is 30.8 Å². The molecule has 0 unspecified atom stereocenters. The lowest BCUT2D eigenvalue weighted by atomic mass is 10.0. The third kappa shape index (κ3) is 4.16. The molecule has 1 aromatic rings. The van der Waals surface area contributed by atoms with E-state index in [1.165, 1.54) is 25.7 Å². The van der Waals surface area contributed by atoms with Crippen molar-refractivity contribution >= 4 is 23.2 Å². The van der Waals surface area contributed by atoms with E-state index < -0.39 is 0 Å². The summed E-state index contributed by atoms with van der Waals surface area (Å²) < 4.78 is 0. The maximum atomic E-state index is 12.1. The molecular formula is C20H28N2O2. The minimum absolute atomic E-state index is 0.100. The average Bonchev–Trinajstić information content (AvgIpc) is 3.08. The molecule has 1 saturated heterocycles. The topological polar surface area (TPSA) is 49.4 Å². The fraction of sp³-hybridized carbons (Fsp3) is 0.600. The summed E-state index contributed by atoms with van der Waals surface area (Å²) in [5, 5.41) is 3.01. The molecule has 24 heavy (non-hydrogen) atoms. The van der Waals surface area contributed by atoms with E-state index in [0.29, 0.717) is 12.8 Å². The molecule has 1 aliphatic carbocycles. The Bertz CT molecular complexity index is 606. The number of nitrogens with zero attached hydrogens (tertiary/aromatic N) is 1. The highest BCUT2D eigenvalue weighted by molar-refractivity contribution is 5.96. The second kappa shape index (κ2) is 7.82. The van der Waals surface area contributed by atoms with Gasteiger partial charge in [0.05, 0.1) is 0 Å². The summed E-state index contributed by atoms with van der Waals surface area (Å²) in [6, 6.07) is 5.85. The van der Waals surface area contributed by atoms with Gasteiger partial charge in [-0.15, -0.1) is 0 Å². The van der Waals surface area contributed by atoms with Crippen molar-refractivity contribution in [1.82, 2.24) is 0 Å². The number of carbonyl (C=O) groups is 2. The van der Waals surface area contributed by atoms with E-state index in [1.54, 1.807) is 0 Å². The SMILES string of the molecule is Cc1cc(NC(=O)CCC2CCCC2)ccc1N1CCCCC1=O. The maximum Gasteiger partial charge on any atom is 0.226 e.